The minimum Gasteiger partial charge on any atom is -0.354 e. The molecule has 3 heterocycles. The summed E-state index contributed by atoms with van der Waals surface area (Å²) in [7, 11) is 1.92. The van der Waals surface area contributed by atoms with E-state index in [4.69, 9.17) is 4.98 Å². The number of fused-ring (bicyclic) bond motifs is 1. The van der Waals surface area contributed by atoms with E-state index in [2.05, 4.69) is 22.1 Å². The van der Waals surface area contributed by atoms with Crippen LogP contribution in [0.2, 0.25) is 0 Å². The van der Waals surface area contributed by atoms with Gasteiger partial charge in [0.2, 0.25) is 0 Å². The molecule has 6 nitrogen and oxygen atoms in total. The molecule has 2 aromatic carbocycles. The predicted octanol–water partition coefficient (Wildman–Crippen LogP) is 3.58. The lowest BCUT2D eigenvalue weighted by atomic mass is 10.1. The van der Waals surface area contributed by atoms with Crippen molar-refractivity contribution in [3.8, 4) is 17.1 Å². The van der Waals surface area contributed by atoms with Crippen LogP contribution in [0.4, 0.5) is 0 Å². The number of nitrogens with one attached hydrogen (secondary N) is 1. The van der Waals surface area contributed by atoms with Gasteiger partial charge in [-0.05, 0) is 11.1 Å². The lowest BCUT2D eigenvalue weighted by molar-refractivity contribution is 0.811. The second-order valence-electron chi connectivity index (χ2n) is 7.36. The Kier molecular flexibility index (Phi) is 4.52. The second-order valence-corrected chi connectivity index (χ2v) is 7.36. The number of rotatable bonds is 5. The summed E-state index contributed by atoms with van der Waals surface area (Å²) in [4.78, 5) is 25.8. The van der Waals surface area contributed by atoms with Gasteiger partial charge in [0.1, 0.15) is 11.5 Å². The Bertz CT molecular complexity index is 1310. The molecule has 0 saturated carbocycles. The Morgan fingerprint density at radius 3 is 2.40 bits per heavy atom. The molecule has 1 aromatic heterocycles. The highest BCUT2D eigenvalue weighted by molar-refractivity contribution is 5.60. The van der Waals surface area contributed by atoms with Gasteiger partial charge < -0.3 is 9.55 Å². The fourth-order valence-corrected chi connectivity index (χ4v) is 3.70. The summed E-state index contributed by atoms with van der Waals surface area (Å²) in [6.07, 6.45) is 6.50. The highest BCUT2D eigenvalue weighted by atomic mass is 16.1. The third-order valence-corrected chi connectivity index (χ3v) is 5.30. The van der Waals surface area contributed by atoms with Gasteiger partial charge in [0, 0.05) is 32.1 Å². The zero-order valence-electron chi connectivity index (χ0n) is 16.6. The molecule has 3 aromatic rings. The van der Waals surface area contributed by atoms with E-state index in [9.17, 15) is 4.79 Å². The number of aromatic nitrogens is 5. The van der Waals surface area contributed by atoms with Gasteiger partial charge in [-0.15, -0.1) is 0 Å². The standard InChI is InChI=1S/C24H21N5O/c1-28-13-12-25-22(28)15-20-24(30)29-16-21(18-10-6-3-7-11-18)26-19(23(29)27-20)14-17-8-4-2-5-9-17/h2-13,16,26H,14-15H2,1H3. The van der Waals surface area contributed by atoms with Gasteiger partial charge in [-0.3, -0.25) is 9.36 Å². The Labute approximate surface area is 173 Å². The normalized spacial score (nSPS) is 11.2. The van der Waals surface area contributed by atoms with Crippen molar-refractivity contribution in [1.82, 2.24) is 24.1 Å². The molecule has 148 valence electrons. The number of hydrogen-bond acceptors (Lipinski definition) is 3. The number of aromatic amines is 1. The minimum atomic E-state index is -0.103. The molecule has 0 unspecified atom stereocenters. The molecule has 0 atom stereocenters. The van der Waals surface area contributed by atoms with E-state index >= 15 is 0 Å². The molecular formula is C24H21N5O. The lowest BCUT2D eigenvalue weighted by Gasteiger charge is -2.13. The van der Waals surface area contributed by atoms with Gasteiger partial charge in [-0.25, -0.2) is 9.97 Å². The van der Waals surface area contributed by atoms with Crippen molar-refractivity contribution in [2.24, 2.45) is 7.05 Å². The highest BCUT2D eigenvalue weighted by Gasteiger charge is 2.21. The minimum absolute atomic E-state index is 0.103. The number of imidazole rings is 2. The van der Waals surface area contributed by atoms with Crippen molar-refractivity contribution in [3.05, 3.63) is 112 Å². The number of nitrogens with zero attached hydrogens (tertiary/aromatic N) is 4. The first-order valence-electron chi connectivity index (χ1n) is 9.88. The molecule has 0 fully saturated rings. The molecule has 5 rings (SSSR count). The molecule has 0 saturated heterocycles. The zero-order valence-corrected chi connectivity index (χ0v) is 16.6. The van der Waals surface area contributed by atoms with Gasteiger partial charge in [-0.2, -0.15) is 0 Å². The van der Waals surface area contributed by atoms with Crippen LogP contribution in [-0.4, -0.2) is 24.1 Å². The number of hydrogen-bond donors (Lipinski definition) is 1. The highest BCUT2D eigenvalue weighted by Crippen LogP contribution is 2.23. The van der Waals surface area contributed by atoms with E-state index in [1.54, 1.807) is 10.8 Å². The maximum Gasteiger partial charge on any atom is 0.278 e. The van der Waals surface area contributed by atoms with Crippen LogP contribution >= 0.6 is 0 Å². The first kappa shape index (κ1) is 18.1. The summed E-state index contributed by atoms with van der Waals surface area (Å²) in [5.74, 6) is 1.47. The van der Waals surface area contributed by atoms with Crippen LogP contribution in [0.3, 0.4) is 0 Å². The van der Waals surface area contributed by atoms with Crippen molar-refractivity contribution >= 4 is 0 Å². The molecule has 2 aliphatic rings. The Morgan fingerprint density at radius 2 is 1.70 bits per heavy atom. The average Bonchev–Trinajstić information content (AvgIpc) is 3.33. The maximum atomic E-state index is 13.2. The monoisotopic (exact) mass is 395 g/mol. The van der Waals surface area contributed by atoms with Crippen molar-refractivity contribution in [2.45, 2.75) is 12.8 Å². The van der Waals surface area contributed by atoms with E-state index in [0.29, 0.717) is 24.4 Å². The van der Waals surface area contributed by atoms with E-state index in [1.807, 2.05) is 72.5 Å². The molecule has 6 heteroatoms. The Balaban J connectivity index is 1.66. The van der Waals surface area contributed by atoms with Crippen LogP contribution in [0.5, 0.6) is 0 Å². The third kappa shape index (κ3) is 3.33. The number of H-pyrrole nitrogens is 1. The van der Waals surface area contributed by atoms with Crippen molar-refractivity contribution in [1.29, 1.82) is 0 Å². The molecule has 30 heavy (non-hydrogen) atoms. The molecule has 0 spiro atoms. The van der Waals surface area contributed by atoms with E-state index in [-0.39, 0.29) is 5.56 Å². The fourth-order valence-electron chi connectivity index (χ4n) is 3.70. The van der Waals surface area contributed by atoms with Gasteiger partial charge in [0.25, 0.3) is 5.56 Å². The first-order valence-corrected chi connectivity index (χ1v) is 9.88. The molecule has 0 amide bonds. The predicted molar refractivity (Wildman–Crippen MR) is 116 cm³/mol. The lowest BCUT2D eigenvalue weighted by Crippen LogP contribution is -2.18. The van der Waals surface area contributed by atoms with E-state index < -0.39 is 0 Å². The third-order valence-electron chi connectivity index (χ3n) is 5.30. The van der Waals surface area contributed by atoms with Crippen molar-refractivity contribution in [2.75, 3.05) is 0 Å². The summed E-state index contributed by atoms with van der Waals surface area (Å²) >= 11 is 0. The van der Waals surface area contributed by atoms with Crippen LogP contribution in [-0.2, 0) is 19.9 Å². The summed E-state index contributed by atoms with van der Waals surface area (Å²) in [5.41, 5.74) is 4.36. The average molecular weight is 395 g/mol. The van der Waals surface area contributed by atoms with Crippen LogP contribution in [0.25, 0.3) is 17.1 Å². The van der Waals surface area contributed by atoms with E-state index in [1.165, 1.54) is 0 Å². The molecule has 0 bridgehead atoms. The van der Waals surface area contributed by atoms with Crippen LogP contribution in [0.1, 0.15) is 22.8 Å². The van der Waals surface area contributed by atoms with Crippen LogP contribution < -0.4 is 5.56 Å². The topological polar surface area (TPSA) is 68.5 Å². The summed E-state index contributed by atoms with van der Waals surface area (Å²) in [5, 5.41) is 0. The number of benzene rings is 2. The summed E-state index contributed by atoms with van der Waals surface area (Å²) in [6, 6.07) is 20.2. The smallest absolute Gasteiger partial charge is 0.278 e. The SMILES string of the molecule is Cn1ccnc1Cc1nc2c(Cc3ccccc3)[nH]c(-c3ccccc3)cn-2c1=O. The fraction of sp³-hybridized carbons (Fsp3) is 0.125. The quantitative estimate of drug-likeness (QED) is 0.495. The Morgan fingerprint density at radius 1 is 0.967 bits per heavy atom. The van der Waals surface area contributed by atoms with Crippen molar-refractivity contribution < 1.29 is 0 Å². The van der Waals surface area contributed by atoms with Crippen LogP contribution in [0.15, 0.2) is 84.0 Å². The summed E-state index contributed by atoms with van der Waals surface area (Å²) in [6.45, 7) is 0. The zero-order chi connectivity index (χ0) is 20.5. The maximum absolute atomic E-state index is 13.2. The molecular weight excluding hydrogens is 374 g/mol. The first-order chi connectivity index (χ1) is 14.7. The molecule has 0 radical (unpaired) electrons. The van der Waals surface area contributed by atoms with Gasteiger partial charge in [0.05, 0.1) is 17.8 Å². The molecule has 2 aliphatic heterocycles. The van der Waals surface area contributed by atoms with Gasteiger partial charge in [0.15, 0.2) is 5.82 Å². The largest absolute Gasteiger partial charge is 0.354 e. The number of aryl methyl sites for hydroxylation is 1. The Hall–Kier alpha value is -3.93. The molecule has 1 N–H and O–H groups in total. The van der Waals surface area contributed by atoms with Crippen molar-refractivity contribution in [3.63, 3.8) is 0 Å². The van der Waals surface area contributed by atoms with Gasteiger partial charge in [-0.1, -0.05) is 60.7 Å². The van der Waals surface area contributed by atoms with Crippen LogP contribution in [0, 0.1) is 0 Å². The van der Waals surface area contributed by atoms with Gasteiger partial charge >= 0.3 is 0 Å². The molecule has 0 aliphatic carbocycles. The summed E-state index contributed by atoms with van der Waals surface area (Å²) < 4.78 is 3.57. The van der Waals surface area contributed by atoms with E-state index in [0.717, 1.165) is 28.3 Å². The second kappa shape index (κ2) is 7.48.